The SMILES string of the molecule is CCc1ccccc1N1C(=O)/C(=C/c2ccc([N+](=O)[O-])cc2)C=C1c1ccc(C)cc1. The molecule has 31 heavy (non-hydrogen) atoms. The molecular formula is C26H22N2O3. The maximum absolute atomic E-state index is 13.5. The molecule has 0 atom stereocenters. The number of nitrogens with zero attached hydrogens (tertiary/aromatic N) is 2. The van der Waals surface area contributed by atoms with Gasteiger partial charge in [-0.3, -0.25) is 19.8 Å². The average Bonchev–Trinajstić information content (AvgIpc) is 3.10. The smallest absolute Gasteiger partial charge is 0.269 e. The molecule has 0 aromatic heterocycles. The summed E-state index contributed by atoms with van der Waals surface area (Å²) in [7, 11) is 0. The van der Waals surface area contributed by atoms with Crippen molar-refractivity contribution in [3.8, 4) is 0 Å². The first-order chi connectivity index (χ1) is 15.0. The number of aryl methyl sites for hydroxylation is 2. The normalized spacial score (nSPS) is 14.8. The van der Waals surface area contributed by atoms with Gasteiger partial charge in [0.1, 0.15) is 0 Å². The van der Waals surface area contributed by atoms with Gasteiger partial charge in [-0.25, -0.2) is 0 Å². The van der Waals surface area contributed by atoms with Crippen LogP contribution in [0.25, 0.3) is 11.8 Å². The Morgan fingerprint density at radius 3 is 2.29 bits per heavy atom. The number of hydrogen-bond donors (Lipinski definition) is 0. The van der Waals surface area contributed by atoms with Crippen LogP contribution in [0.4, 0.5) is 11.4 Å². The molecule has 1 heterocycles. The Balaban J connectivity index is 1.81. The van der Waals surface area contributed by atoms with E-state index in [2.05, 4.69) is 6.92 Å². The van der Waals surface area contributed by atoms with E-state index in [1.807, 2.05) is 61.5 Å². The number of amides is 1. The van der Waals surface area contributed by atoms with Crippen molar-refractivity contribution in [3.63, 3.8) is 0 Å². The fourth-order valence-corrected chi connectivity index (χ4v) is 3.69. The summed E-state index contributed by atoms with van der Waals surface area (Å²) < 4.78 is 0. The predicted octanol–water partition coefficient (Wildman–Crippen LogP) is 5.94. The number of non-ortho nitro benzene ring substituents is 1. The lowest BCUT2D eigenvalue weighted by Gasteiger charge is -2.23. The van der Waals surface area contributed by atoms with Crippen LogP contribution >= 0.6 is 0 Å². The standard InChI is InChI=1S/C26H22N2O3/c1-3-20-6-4-5-7-24(20)27-25(21-12-8-18(2)9-13-21)17-22(26(27)29)16-19-10-14-23(15-11-19)28(30)31/h4-17H,3H2,1-2H3/b22-16+. The quantitative estimate of drug-likeness (QED) is 0.297. The van der Waals surface area contributed by atoms with Crippen LogP contribution in [0.2, 0.25) is 0 Å². The molecule has 1 aliphatic rings. The maximum Gasteiger partial charge on any atom is 0.269 e. The minimum atomic E-state index is -0.434. The highest BCUT2D eigenvalue weighted by molar-refractivity contribution is 6.23. The number of nitro groups is 1. The van der Waals surface area contributed by atoms with E-state index < -0.39 is 4.92 Å². The van der Waals surface area contributed by atoms with E-state index in [0.29, 0.717) is 5.57 Å². The molecule has 5 nitrogen and oxygen atoms in total. The number of nitro benzene ring substituents is 1. The zero-order valence-corrected chi connectivity index (χ0v) is 17.4. The Morgan fingerprint density at radius 1 is 0.968 bits per heavy atom. The minimum absolute atomic E-state index is 0.0225. The first kappa shape index (κ1) is 20.3. The van der Waals surface area contributed by atoms with Gasteiger partial charge in [0, 0.05) is 17.7 Å². The zero-order chi connectivity index (χ0) is 22.0. The molecule has 1 aliphatic heterocycles. The topological polar surface area (TPSA) is 63.5 Å². The third kappa shape index (κ3) is 4.03. The van der Waals surface area contributed by atoms with Crippen molar-refractivity contribution < 1.29 is 9.72 Å². The van der Waals surface area contributed by atoms with E-state index in [1.54, 1.807) is 23.1 Å². The Morgan fingerprint density at radius 2 is 1.65 bits per heavy atom. The summed E-state index contributed by atoms with van der Waals surface area (Å²) >= 11 is 0. The van der Waals surface area contributed by atoms with E-state index >= 15 is 0 Å². The third-order valence-electron chi connectivity index (χ3n) is 5.37. The molecule has 0 fully saturated rings. The van der Waals surface area contributed by atoms with Crippen LogP contribution in [0.15, 0.2) is 84.4 Å². The van der Waals surface area contributed by atoms with Crippen LogP contribution < -0.4 is 4.90 Å². The summed E-state index contributed by atoms with van der Waals surface area (Å²) in [6, 6.07) is 22.2. The molecule has 0 spiro atoms. The Kier molecular flexibility index (Phi) is 5.50. The van der Waals surface area contributed by atoms with E-state index in [-0.39, 0.29) is 11.6 Å². The van der Waals surface area contributed by atoms with Crippen molar-refractivity contribution in [1.29, 1.82) is 0 Å². The van der Waals surface area contributed by atoms with Gasteiger partial charge in [0.05, 0.1) is 16.3 Å². The molecule has 0 saturated carbocycles. The van der Waals surface area contributed by atoms with Gasteiger partial charge in [0.25, 0.3) is 11.6 Å². The van der Waals surface area contributed by atoms with Crippen molar-refractivity contribution in [1.82, 2.24) is 0 Å². The number of rotatable bonds is 5. The number of para-hydroxylation sites is 1. The predicted molar refractivity (Wildman–Crippen MR) is 124 cm³/mol. The number of hydrogen-bond acceptors (Lipinski definition) is 3. The van der Waals surface area contributed by atoms with E-state index in [1.165, 1.54) is 12.1 Å². The number of anilines is 1. The first-order valence-corrected chi connectivity index (χ1v) is 10.1. The van der Waals surface area contributed by atoms with Gasteiger partial charge in [-0.15, -0.1) is 0 Å². The summed E-state index contributed by atoms with van der Waals surface area (Å²) in [5, 5.41) is 10.9. The van der Waals surface area contributed by atoms with Gasteiger partial charge >= 0.3 is 0 Å². The highest BCUT2D eigenvalue weighted by Crippen LogP contribution is 2.37. The Bertz CT molecular complexity index is 1210. The highest BCUT2D eigenvalue weighted by atomic mass is 16.6. The molecule has 0 bridgehead atoms. The molecule has 0 saturated heterocycles. The lowest BCUT2D eigenvalue weighted by molar-refractivity contribution is -0.384. The van der Waals surface area contributed by atoms with Gasteiger partial charge in [0.2, 0.25) is 0 Å². The van der Waals surface area contributed by atoms with Crippen molar-refractivity contribution in [2.45, 2.75) is 20.3 Å². The summed E-state index contributed by atoms with van der Waals surface area (Å²) in [6.45, 7) is 4.10. The van der Waals surface area contributed by atoms with Crippen molar-refractivity contribution in [2.75, 3.05) is 4.90 Å². The summed E-state index contributed by atoms with van der Waals surface area (Å²) in [6.07, 6.45) is 4.47. The number of benzene rings is 3. The van der Waals surface area contributed by atoms with Crippen LogP contribution in [0.1, 0.15) is 29.2 Å². The largest absolute Gasteiger partial charge is 0.276 e. The second kappa shape index (κ2) is 8.40. The molecule has 154 valence electrons. The number of carbonyl (C=O) groups is 1. The van der Waals surface area contributed by atoms with Crippen LogP contribution in [0, 0.1) is 17.0 Å². The zero-order valence-electron chi connectivity index (χ0n) is 17.4. The fraction of sp³-hybridized carbons (Fsp3) is 0.115. The highest BCUT2D eigenvalue weighted by Gasteiger charge is 2.31. The van der Waals surface area contributed by atoms with Crippen molar-refractivity contribution >= 4 is 29.1 Å². The van der Waals surface area contributed by atoms with Gasteiger partial charge in [-0.05, 0) is 60.4 Å². The van der Waals surface area contributed by atoms with Gasteiger partial charge in [-0.1, -0.05) is 55.0 Å². The van der Waals surface area contributed by atoms with Gasteiger partial charge in [0.15, 0.2) is 0 Å². The maximum atomic E-state index is 13.5. The van der Waals surface area contributed by atoms with E-state index in [9.17, 15) is 14.9 Å². The fourth-order valence-electron chi connectivity index (χ4n) is 3.69. The second-order valence-electron chi connectivity index (χ2n) is 7.47. The first-order valence-electron chi connectivity index (χ1n) is 10.1. The van der Waals surface area contributed by atoms with Crippen molar-refractivity contribution in [3.05, 3.63) is 117 Å². The summed E-state index contributed by atoms with van der Waals surface area (Å²) in [5.41, 5.74) is 6.18. The monoisotopic (exact) mass is 410 g/mol. The molecule has 0 aliphatic carbocycles. The van der Waals surface area contributed by atoms with Gasteiger partial charge < -0.3 is 0 Å². The van der Waals surface area contributed by atoms with Crippen molar-refractivity contribution in [2.24, 2.45) is 0 Å². The molecule has 3 aromatic rings. The van der Waals surface area contributed by atoms with Gasteiger partial charge in [-0.2, -0.15) is 0 Å². The number of carbonyl (C=O) groups excluding carboxylic acids is 1. The molecular weight excluding hydrogens is 388 g/mol. The summed E-state index contributed by atoms with van der Waals surface area (Å²) in [5.74, 6) is -0.116. The molecule has 0 radical (unpaired) electrons. The summed E-state index contributed by atoms with van der Waals surface area (Å²) in [4.78, 5) is 25.7. The third-order valence-corrected chi connectivity index (χ3v) is 5.37. The second-order valence-corrected chi connectivity index (χ2v) is 7.47. The average molecular weight is 410 g/mol. The molecule has 5 heteroatoms. The van der Waals surface area contributed by atoms with Crippen LogP contribution in [0.5, 0.6) is 0 Å². The van der Waals surface area contributed by atoms with Crippen LogP contribution in [0.3, 0.4) is 0 Å². The van der Waals surface area contributed by atoms with E-state index in [0.717, 1.165) is 40.1 Å². The van der Waals surface area contributed by atoms with Crippen LogP contribution in [-0.2, 0) is 11.2 Å². The van der Waals surface area contributed by atoms with Crippen LogP contribution in [-0.4, -0.2) is 10.8 Å². The lowest BCUT2D eigenvalue weighted by atomic mass is 10.1. The lowest BCUT2D eigenvalue weighted by Crippen LogP contribution is -2.26. The molecule has 0 N–H and O–H groups in total. The van der Waals surface area contributed by atoms with E-state index in [4.69, 9.17) is 0 Å². The molecule has 0 unspecified atom stereocenters. The Labute approximate surface area is 181 Å². The Hall–Kier alpha value is -3.99. The molecule has 3 aromatic carbocycles. The minimum Gasteiger partial charge on any atom is -0.276 e. The molecule has 1 amide bonds. The molecule has 4 rings (SSSR count).